The van der Waals surface area contributed by atoms with E-state index in [-0.39, 0.29) is 11.6 Å². The molecular weight excluding hydrogens is 645 g/mol. The summed E-state index contributed by atoms with van der Waals surface area (Å²) in [5, 5.41) is 11.9. The van der Waals surface area contributed by atoms with Crippen LogP contribution in [-0.2, 0) is 29.1 Å². The van der Waals surface area contributed by atoms with Crippen molar-refractivity contribution in [1.29, 1.82) is 0 Å². The number of ether oxygens (including phenoxy) is 1. The van der Waals surface area contributed by atoms with Gasteiger partial charge in [-0.3, -0.25) is 4.79 Å². The van der Waals surface area contributed by atoms with E-state index in [4.69, 9.17) is 4.74 Å². The predicted molar refractivity (Wildman–Crippen MR) is 150 cm³/mol. The highest BCUT2D eigenvalue weighted by molar-refractivity contribution is 5.95. The number of hydrogen-bond acceptors (Lipinski definition) is 3. The van der Waals surface area contributed by atoms with Gasteiger partial charge in [0.05, 0.1) is 16.7 Å². The summed E-state index contributed by atoms with van der Waals surface area (Å²) in [6.45, 7) is 2.25. The van der Waals surface area contributed by atoms with E-state index < -0.39 is 87.2 Å². The lowest BCUT2D eigenvalue weighted by atomic mass is 9.77. The number of aliphatic carboxylic acids is 1. The van der Waals surface area contributed by atoms with E-state index in [2.05, 4.69) is 5.32 Å². The smallest absolute Gasteiger partial charge is 0.419 e. The van der Waals surface area contributed by atoms with Crippen molar-refractivity contribution in [3.05, 3.63) is 136 Å². The zero-order valence-electron chi connectivity index (χ0n) is 24.4. The number of amides is 1. The van der Waals surface area contributed by atoms with Crippen LogP contribution in [0, 0.1) is 17.5 Å². The maximum atomic E-state index is 15.3. The van der Waals surface area contributed by atoms with E-state index >= 15 is 4.39 Å². The lowest BCUT2D eigenvalue weighted by molar-refractivity contribution is -0.152. The largest absolute Gasteiger partial charge is 0.478 e. The normalized spacial score (nSPS) is 13.5. The van der Waals surface area contributed by atoms with Gasteiger partial charge >= 0.3 is 18.3 Å². The second kappa shape index (κ2) is 12.6. The summed E-state index contributed by atoms with van der Waals surface area (Å²) >= 11 is 0. The van der Waals surface area contributed by atoms with Gasteiger partial charge in [-0.2, -0.15) is 26.3 Å². The zero-order chi connectivity index (χ0) is 34.9. The van der Waals surface area contributed by atoms with E-state index in [0.717, 1.165) is 38.1 Å². The lowest BCUT2D eigenvalue weighted by Crippen LogP contribution is -2.49. The molecule has 2 N–H and O–H groups in total. The Kier molecular flexibility index (Phi) is 9.38. The van der Waals surface area contributed by atoms with Crippen LogP contribution in [0.15, 0.2) is 84.9 Å². The summed E-state index contributed by atoms with van der Waals surface area (Å²) in [5.74, 6) is -7.78. The summed E-state index contributed by atoms with van der Waals surface area (Å²) in [5.41, 5.74) is -9.18. The van der Waals surface area contributed by atoms with Crippen molar-refractivity contribution in [3.8, 4) is 5.75 Å². The Morgan fingerprint density at radius 1 is 0.723 bits per heavy atom. The molecule has 0 saturated carbocycles. The van der Waals surface area contributed by atoms with Crippen LogP contribution in [0.1, 0.15) is 52.0 Å². The number of carboxylic acids is 1. The summed E-state index contributed by atoms with van der Waals surface area (Å²) in [6, 6.07) is 13.1. The number of carbonyl (C=O) groups excluding carboxylic acids is 1. The highest BCUT2D eigenvalue weighted by atomic mass is 19.4. The number of hydrogen-bond donors (Lipinski definition) is 2. The van der Waals surface area contributed by atoms with Gasteiger partial charge in [0.1, 0.15) is 23.2 Å². The number of carbonyl (C=O) groups is 2. The first-order valence-corrected chi connectivity index (χ1v) is 13.6. The molecule has 4 rings (SSSR count). The average Bonchev–Trinajstić information content (AvgIpc) is 2.96. The third-order valence-corrected chi connectivity index (χ3v) is 7.19. The fourth-order valence-electron chi connectivity index (χ4n) is 4.83. The third-order valence-electron chi connectivity index (χ3n) is 7.19. The minimum absolute atomic E-state index is 0.194. The topological polar surface area (TPSA) is 75.6 Å². The van der Waals surface area contributed by atoms with Crippen molar-refractivity contribution >= 4 is 11.9 Å². The molecular formula is C33H24F9NO4. The summed E-state index contributed by atoms with van der Waals surface area (Å²) < 4.78 is 132. The Balaban J connectivity index is 2.05. The number of alkyl halides is 6. The number of carboxylic acid groups (broad SMARTS) is 1. The van der Waals surface area contributed by atoms with Gasteiger partial charge in [0.25, 0.3) is 5.91 Å². The van der Waals surface area contributed by atoms with Gasteiger partial charge in [-0.25, -0.2) is 18.0 Å². The van der Waals surface area contributed by atoms with Crippen molar-refractivity contribution < 1.29 is 58.9 Å². The van der Waals surface area contributed by atoms with E-state index in [1.807, 2.05) is 0 Å². The molecule has 1 unspecified atom stereocenters. The van der Waals surface area contributed by atoms with E-state index in [1.54, 1.807) is 6.07 Å². The van der Waals surface area contributed by atoms with Gasteiger partial charge in [0.15, 0.2) is 5.60 Å². The van der Waals surface area contributed by atoms with Gasteiger partial charge in [0, 0.05) is 18.1 Å². The van der Waals surface area contributed by atoms with Gasteiger partial charge in [-0.15, -0.1) is 0 Å². The van der Waals surface area contributed by atoms with Crippen molar-refractivity contribution in [1.82, 2.24) is 5.32 Å². The molecule has 1 amide bonds. The molecule has 0 bridgehead atoms. The maximum absolute atomic E-state index is 15.3. The molecule has 248 valence electrons. The quantitative estimate of drug-likeness (QED) is 0.176. The van der Waals surface area contributed by atoms with Crippen molar-refractivity contribution in [2.24, 2.45) is 0 Å². The van der Waals surface area contributed by atoms with E-state index in [1.165, 1.54) is 24.3 Å². The van der Waals surface area contributed by atoms with E-state index in [9.17, 15) is 49.8 Å². The average molecular weight is 670 g/mol. The molecule has 0 heterocycles. The monoisotopic (exact) mass is 669 g/mol. The van der Waals surface area contributed by atoms with Crippen molar-refractivity contribution in [2.45, 2.75) is 43.8 Å². The third kappa shape index (κ3) is 7.69. The van der Waals surface area contributed by atoms with Gasteiger partial charge < -0.3 is 15.2 Å². The molecule has 47 heavy (non-hydrogen) atoms. The Morgan fingerprint density at radius 3 is 1.87 bits per heavy atom. The van der Waals surface area contributed by atoms with Crippen LogP contribution < -0.4 is 10.1 Å². The summed E-state index contributed by atoms with van der Waals surface area (Å²) in [7, 11) is 0. The highest BCUT2D eigenvalue weighted by Gasteiger charge is 2.42. The number of halogens is 9. The Bertz CT molecular complexity index is 1800. The molecule has 4 aromatic carbocycles. The molecule has 14 heteroatoms. The molecule has 0 spiro atoms. The highest BCUT2D eigenvalue weighted by Crippen LogP contribution is 2.41. The van der Waals surface area contributed by atoms with Gasteiger partial charge in [-0.1, -0.05) is 36.4 Å². The first-order valence-electron chi connectivity index (χ1n) is 13.6. The zero-order valence-corrected chi connectivity index (χ0v) is 24.4. The Hall–Kier alpha value is -5.01. The van der Waals surface area contributed by atoms with Crippen LogP contribution in [0.5, 0.6) is 5.75 Å². The van der Waals surface area contributed by atoms with Crippen LogP contribution in [0.3, 0.4) is 0 Å². The first kappa shape index (κ1) is 34.9. The number of rotatable bonds is 9. The molecule has 0 aliphatic rings. The van der Waals surface area contributed by atoms with Crippen LogP contribution in [0.4, 0.5) is 39.5 Å². The SMILES string of the molecule is CC(C)(Oc1cc(F)cc(C(Cc2ccccc2)(NC(=O)c2ccc(F)c(C(F)(F)F)c2)c2ccc(F)c(C(F)(F)F)c2)c1)C(=O)O. The minimum Gasteiger partial charge on any atom is -0.478 e. The standard InChI is InChI=1S/C33H24F9NO4/c1-30(2,29(45)46)47-23-14-21(13-22(34)16-23)31(17-18-6-4-3-5-7-18,20-9-11-27(36)25(15-20)33(40,41)42)43-28(44)19-8-10-26(35)24(12-19)32(37,38)39/h3-16H,17H2,1-2H3,(H,43,44)(H,45,46). The number of nitrogens with one attached hydrogen (secondary N) is 1. The number of benzene rings is 4. The van der Waals surface area contributed by atoms with Crippen molar-refractivity contribution in [2.75, 3.05) is 0 Å². The molecule has 0 aliphatic carbocycles. The molecule has 0 aliphatic heterocycles. The van der Waals surface area contributed by atoms with Gasteiger partial charge in [0.2, 0.25) is 0 Å². The Morgan fingerprint density at radius 2 is 1.30 bits per heavy atom. The van der Waals surface area contributed by atoms with Gasteiger partial charge in [-0.05, 0) is 73.0 Å². The molecule has 0 fully saturated rings. The maximum Gasteiger partial charge on any atom is 0.419 e. The van der Waals surface area contributed by atoms with Crippen LogP contribution in [0.25, 0.3) is 0 Å². The molecule has 5 nitrogen and oxygen atoms in total. The van der Waals surface area contributed by atoms with E-state index in [0.29, 0.717) is 29.8 Å². The van der Waals surface area contributed by atoms with Crippen LogP contribution in [0.2, 0.25) is 0 Å². The first-order chi connectivity index (χ1) is 21.7. The Labute approximate surface area is 261 Å². The van der Waals surface area contributed by atoms with Crippen LogP contribution in [-0.4, -0.2) is 22.6 Å². The molecule has 1 atom stereocenters. The molecule has 0 radical (unpaired) electrons. The second-order valence-corrected chi connectivity index (χ2v) is 11.0. The minimum atomic E-state index is -5.26. The van der Waals surface area contributed by atoms with Crippen molar-refractivity contribution in [3.63, 3.8) is 0 Å². The molecule has 4 aromatic rings. The lowest BCUT2D eigenvalue weighted by Gasteiger charge is -2.37. The summed E-state index contributed by atoms with van der Waals surface area (Å²) in [6.07, 6.45) is -11.0. The fraction of sp³-hybridized carbons (Fsp3) is 0.212. The predicted octanol–water partition coefficient (Wildman–Crippen LogP) is 8.30. The van der Waals surface area contributed by atoms with Crippen LogP contribution >= 0.6 is 0 Å². The summed E-state index contributed by atoms with van der Waals surface area (Å²) in [4.78, 5) is 25.4. The molecule has 0 aromatic heterocycles. The fourth-order valence-corrected chi connectivity index (χ4v) is 4.83. The second-order valence-electron chi connectivity index (χ2n) is 11.0. The molecule has 0 saturated heterocycles.